The highest BCUT2D eigenvalue weighted by Gasteiger charge is 2.11. The monoisotopic (exact) mass is 208 g/mol. The molecule has 16 heavy (non-hydrogen) atoms. The Balaban J connectivity index is 2.64. The third kappa shape index (κ3) is 1.01. The fourth-order valence-corrected chi connectivity index (χ4v) is 2.03. The molecule has 3 rings (SSSR count). The summed E-state index contributed by atoms with van der Waals surface area (Å²) in [5, 5.41) is 20.5. The molecule has 0 unspecified atom stereocenters. The third-order valence-electron chi connectivity index (χ3n) is 2.76. The van der Waals surface area contributed by atoms with E-state index in [1.54, 1.807) is 12.1 Å². The SMILES string of the molecule is N#Cc1ccc(O)c2c1[nH]c1ccccc12. The Labute approximate surface area is 91.6 Å². The van der Waals surface area contributed by atoms with E-state index in [2.05, 4.69) is 11.1 Å². The number of H-pyrrole nitrogens is 1. The highest BCUT2D eigenvalue weighted by molar-refractivity contribution is 6.11. The molecule has 1 aromatic heterocycles. The van der Waals surface area contributed by atoms with Crippen molar-refractivity contribution < 1.29 is 5.11 Å². The number of phenolic OH excluding ortho intramolecular Hbond substituents is 1. The highest BCUT2D eigenvalue weighted by atomic mass is 16.3. The lowest BCUT2D eigenvalue weighted by Crippen LogP contribution is -1.77. The van der Waals surface area contributed by atoms with E-state index in [4.69, 9.17) is 5.26 Å². The second-order valence-electron chi connectivity index (χ2n) is 3.66. The van der Waals surface area contributed by atoms with Crippen molar-refractivity contribution in [1.29, 1.82) is 5.26 Å². The van der Waals surface area contributed by atoms with E-state index >= 15 is 0 Å². The van der Waals surface area contributed by atoms with Crippen LogP contribution < -0.4 is 0 Å². The maximum absolute atomic E-state index is 9.85. The minimum Gasteiger partial charge on any atom is -0.507 e. The number of aromatic amines is 1. The molecule has 2 N–H and O–H groups in total. The first-order chi connectivity index (χ1) is 7.81. The Bertz CT molecular complexity index is 735. The molecule has 0 atom stereocenters. The lowest BCUT2D eigenvalue weighted by Gasteiger charge is -1.96. The van der Waals surface area contributed by atoms with Crippen LogP contribution in [0.15, 0.2) is 36.4 Å². The normalized spacial score (nSPS) is 10.7. The van der Waals surface area contributed by atoms with Crippen LogP contribution in [0.25, 0.3) is 21.8 Å². The van der Waals surface area contributed by atoms with Crippen molar-refractivity contribution in [3.05, 3.63) is 42.0 Å². The number of rotatable bonds is 0. The second kappa shape index (κ2) is 3.01. The van der Waals surface area contributed by atoms with E-state index in [0.717, 1.165) is 16.3 Å². The largest absolute Gasteiger partial charge is 0.507 e. The minimum atomic E-state index is 0.200. The Morgan fingerprint density at radius 3 is 2.75 bits per heavy atom. The van der Waals surface area contributed by atoms with Gasteiger partial charge in [-0.15, -0.1) is 0 Å². The highest BCUT2D eigenvalue weighted by Crippen LogP contribution is 2.33. The van der Waals surface area contributed by atoms with Crippen molar-refractivity contribution in [1.82, 2.24) is 4.98 Å². The van der Waals surface area contributed by atoms with Gasteiger partial charge in [-0.3, -0.25) is 0 Å². The molecule has 76 valence electrons. The summed E-state index contributed by atoms with van der Waals surface area (Å²) in [5.41, 5.74) is 2.17. The predicted octanol–water partition coefficient (Wildman–Crippen LogP) is 2.90. The fourth-order valence-electron chi connectivity index (χ4n) is 2.03. The number of phenols is 1. The molecular formula is C13H8N2O. The summed E-state index contributed by atoms with van der Waals surface area (Å²) in [6.45, 7) is 0. The molecule has 3 nitrogen and oxygen atoms in total. The first kappa shape index (κ1) is 8.81. The summed E-state index contributed by atoms with van der Waals surface area (Å²) in [6, 6.07) is 13.0. The van der Waals surface area contributed by atoms with Crippen molar-refractivity contribution >= 4 is 21.8 Å². The molecule has 0 radical (unpaired) electrons. The summed E-state index contributed by atoms with van der Waals surface area (Å²) in [4.78, 5) is 3.16. The van der Waals surface area contributed by atoms with E-state index in [1.165, 1.54) is 0 Å². The summed E-state index contributed by atoms with van der Waals surface area (Å²) in [6.07, 6.45) is 0. The van der Waals surface area contributed by atoms with E-state index in [9.17, 15) is 5.11 Å². The average Bonchev–Trinajstić information content (AvgIpc) is 2.69. The van der Waals surface area contributed by atoms with Crippen LogP contribution in [0.2, 0.25) is 0 Å². The maximum Gasteiger partial charge on any atom is 0.125 e. The van der Waals surface area contributed by atoms with Crippen molar-refractivity contribution in [3.8, 4) is 11.8 Å². The predicted molar refractivity (Wildman–Crippen MR) is 62.2 cm³/mol. The molecule has 2 aromatic carbocycles. The molecule has 0 aliphatic rings. The molecule has 3 heteroatoms. The molecule has 0 spiro atoms. The second-order valence-corrected chi connectivity index (χ2v) is 3.66. The smallest absolute Gasteiger partial charge is 0.125 e. The summed E-state index contributed by atoms with van der Waals surface area (Å²) < 4.78 is 0. The quantitative estimate of drug-likeness (QED) is 0.596. The van der Waals surface area contributed by atoms with Crippen molar-refractivity contribution in [2.75, 3.05) is 0 Å². The van der Waals surface area contributed by atoms with Crippen LogP contribution in [0.5, 0.6) is 5.75 Å². The van der Waals surface area contributed by atoms with Gasteiger partial charge < -0.3 is 10.1 Å². The first-order valence-corrected chi connectivity index (χ1v) is 4.94. The topological polar surface area (TPSA) is 59.8 Å². The molecule has 0 aliphatic heterocycles. The molecule has 1 heterocycles. The summed E-state index contributed by atoms with van der Waals surface area (Å²) >= 11 is 0. The summed E-state index contributed by atoms with van der Waals surface area (Å²) in [5.74, 6) is 0.200. The van der Waals surface area contributed by atoms with Crippen LogP contribution in [-0.2, 0) is 0 Å². The van der Waals surface area contributed by atoms with Crippen molar-refractivity contribution in [3.63, 3.8) is 0 Å². The molecule has 0 fully saturated rings. The number of para-hydroxylation sites is 1. The Morgan fingerprint density at radius 2 is 1.94 bits per heavy atom. The van der Waals surface area contributed by atoms with Gasteiger partial charge in [0.25, 0.3) is 0 Å². The number of aromatic nitrogens is 1. The zero-order chi connectivity index (χ0) is 11.1. The Morgan fingerprint density at radius 1 is 1.12 bits per heavy atom. The lowest BCUT2D eigenvalue weighted by molar-refractivity contribution is 0.482. The third-order valence-corrected chi connectivity index (χ3v) is 2.76. The molecular weight excluding hydrogens is 200 g/mol. The first-order valence-electron chi connectivity index (χ1n) is 4.94. The number of nitrogens with one attached hydrogen (secondary N) is 1. The number of hydrogen-bond donors (Lipinski definition) is 2. The van der Waals surface area contributed by atoms with Gasteiger partial charge in [-0.1, -0.05) is 18.2 Å². The van der Waals surface area contributed by atoms with Gasteiger partial charge in [0, 0.05) is 10.9 Å². The van der Waals surface area contributed by atoms with Gasteiger partial charge >= 0.3 is 0 Å². The van der Waals surface area contributed by atoms with Crippen LogP contribution in [0.3, 0.4) is 0 Å². The van der Waals surface area contributed by atoms with Gasteiger partial charge in [0.2, 0.25) is 0 Å². The van der Waals surface area contributed by atoms with Gasteiger partial charge in [0.1, 0.15) is 11.8 Å². The van der Waals surface area contributed by atoms with Crippen molar-refractivity contribution in [2.45, 2.75) is 0 Å². The Kier molecular flexibility index (Phi) is 1.66. The van der Waals surface area contributed by atoms with Crippen molar-refractivity contribution in [2.24, 2.45) is 0 Å². The Hall–Kier alpha value is -2.47. The number of aromatic hydroxyl groups is 1. The molecule has 0 amide bonds. The lowest BCUT2D eigenvalue weighted by atomic mass is 10.1. The zero-order valence-corrected chi connectivity index (χ0v) is 8.36. The van der Waals surface area contributed by atoms with Gasteiger partial charge in [-0.25, -0.2) is 0 Å². The van der Waals surface area contributed by atoms with Crippen LogP contribution in [0, 0.1) is 11.3 Å². The number of nitrogens with zero attached hydrogens (tertiary/aromatic N) is 1. The minimum absolute atomic E-state index is 0.200. The number of benzene rings is 2. The van der Waals surface area contributed by atoms with Gasteiger partial charge in [0.15, 0.2) is 0 Å². The number of nitriles is 1. The molecule has 0 saturated heterocycles. The number of hydrogen-bond acceptors (Lipinski definition) is 2. The van der Waals surface area contributed by atoms with Crippen LogP contribution in [0.1, 0.15) is 5.56 Å². The maximum atomic E-state index is 9.85. The van der Waals surface area contributed by atoms with Gasteiger partial charge in [-0.05, 0) is 18.2 Å². The fraction of sp³-hybridized carbons (Fsp3) is 0. The van der Waals surface area contributed by atoms with E-state index in [-0.39, 0.29) is 5.75 Å². The van der Waals surface area contributed by atoms with E-state index in [0.29, 0.717) is 11.1 Å². The van der Waals surface area contributed by atoms with E-state index < -0.39 is 0 Å². The molecule has 0 bridgehead atoms. The van der Waals surface area contributed by atoms with Crippen LogP contribution in [0.4, 0.5) is 0 Å². The standard InChI is InChI=1S/C13H8N2O/c14-7-8-5-6-11(16)12-9-3-1-2-4-10(9)15-13(8)12/h1-6,15-16H. The molecule has 0 saturated carbocycles. The van der Waals surface area contributed by atoms with E-state index in [1.807, 2.05) is 24.3 Å². The number of fused-ring (bicyclic) bond motifs is 3. The van der Waals surface area contributed by atoms with Gasteiger partial charge in [0.05, 0.1) is 16.5 Å². The van der Waals surface area contributed by atoms with Gasteiger partial charge in [-0.2, -0.15) is 5.26 Å². The molecule has 3 aromatic rings. The zero-order valence-electron chi connectivity index (χ0n) is 8.36. The summed E-state index contributed by atoms with van der Waals surface area (Å²) in [7, 11) is 0. The molecule has 0 aliphatic carbocycles. The average molecular weight is 208 g/mol. The van der Waals surface area contributed by atoms with Crippen LogP contribution in [-0.4, -0.2) is 10.1 Å². The van der Waals surface area contributed by atoms with Crippen LogP contribution >= 0.6 is 0 Å².